The summed E-state index contributed by atoms with van der Waals surface area (Å²) in [5, 5.41) is 2.36. The zero-order chi connectivity index (χ0) is 16.5. The third kappa shape index (κ3) is 3.27. The van der Waals surface area contributed by atoms with Crippen molar-refractivity contribution in [2.75, 3.05) is 0 Å². The molecule has 0 aliphatic heterocycles. The van der Waals surface area contributed by atoms with E-state index in [1.165, 1.54) is 16.5 Å². The third-order valence-electron chi connectivity index (χ3n) is 4.67. The van der Waals surface area contributed by atoms with Crippen LogP contribution in [0, 0.1) is 6.92 Å². The number of benzene rings is 2. The Morgan fingerprint density at radius 1 is 1.00 bits per heavy atom. The number of fused-ring (bicyclic) bond motifs is 3. The summed E-state index contributed by atoms with van der Waals surface area (Å²) < 4.78 is 2.29. The van der Waals surface area contributed by atoms with Crippen molar-refractivity contribution in [3.63, 3.8) is 0 Å². The minimum absolute atomic E-state index is 0. The van der Waals surface area contributed by atoms with Gasteiger partial charge in [-0.1, -0.05) is 30.3 Å². The number of hydrogen-bond donors (Lipinski definition) is 1. The van der Waals surface area contributed by atoms with Crippen LogP contribution in [-0.4, -0.2) is 9.55 Å². The van der Waals surface area contributed by atoms with Gasteiger partial charge < -0.3 is 9.55 Å². The number of aromatic amines is 1. The first-order valence-corrected chi connectivity index (χ1v) is 8.38. The summed E-state index contributed by atoms with van der Waals surface area (Å²) in [7, 11) is 0. The molecule has 2 heterocycles. The first-order valence-electron chi connectivity index (χ1n) is 8.38. The number of halogens is 1. The molecule has 0 saturated carbocycles. The number of rotatable bonds is 4. The van der Waals surface area contributed by atoms with E-state index in [4.69, 9.17) is 0 Å². The molecule has 4 heteroatoms. The Hall–Kier alpha value is -2.33. The van der Waals surface area contributed by atoms with Crippen LogP contribution < -0.4 is 5.43 Å². The molecule has 2 aromatic heterocycles. The van der Waals surface area contributed by atoms with Gasteiger partial charge in [-0.05, 0) is 43.5 Å². The van der Waals surface area contributed by atoms with Crippen molar-refractivity contribution in [3.8, 4) is 0 Å². The summed E-state index contributed by atoms with van der Waals surface area (Å²) in [4.78, 5) is 15.2. The lowest BCUT2D eigenvalue weighted by atomic mass is 10.1. The maximum Gasteiger partial charge on any atom is 0.180 e. The number of H-pyrrole nitrogens is 1. The highest BCUT2D eigenvalue weighted by Crippen LogP contribution is 2.29. The van der Waals surface area contributed by atoms with E-state index in [9.17, 15) is 4.79 Å². The summed E-state index contributed by atoms with van der Waals surface area (Å²) >= 11 is 0. The van der Waals surface area contributed by atoms with Crippen LogP contribution in [0.4, 0.5) is 0 Å². The number of nitrogens with one attached hydrogen (secondary N) is 1. The van der Waals surface area contributed by atoms with Gasteiger partial charge in [-0.3, -0.25) is 4.79 Å². The highest BCUT2D eigenvalue weighted by molar-refractivity contribution is 8.93. The smallest absolute Gasteiger partial charge is 0.180 e. The lowest BCUT2D eigenvalue weighted by Crippen LogP contribution is -2.03. The maximum absolute atomic E-state index is 11.9. The normalized spacial score (nSPS) is 10.9. The second kappa shape index (κ2) is 7.28. The molecule has 0 atom stereocenters. The molecule has 0 amide bonds. The van der Waals surface area contributed by atoms with Gasteiger partial charge >= 0.3 is 0 Å². The summed E-state index contributed by atoms with van der Waals surface area (Å²) in [5.41, 5.74) is 4.79. The van der Waals surface area contributed by atoms with Gasteiger partial charge in [-0.2, -0.15) is 0 Å². The Morgan fingerprint density at radius 2 is 1.80 bits per heavy atom. The summed E-state index contributed by atoms with van der Waals surface area (Å²) in [6.45, 7) is 2.99. The second-order valence-corrected chi connectivity index (χ2v) is 6.28. The molecule has 0 unspecified atom stereocenters. The summed E-state index contributed by atoms with van der Waals surface area (Å²) in [6.07, 6.45) is 4.05. The molecule has 0 radical (unpaired) electrons. The van der Waals surface area contributed by atoms with Gasteiger partial charge in [0.05, 0.1) is 11.0 Å². The summed E-state index contributed by atoms with van der Waals surface area (Å²) in [6, 6.07) is 18.0. The average molecular weight is 397 g/mol. The van der Waals surface area contributed by atoms with Crippen LogP contribution in [0.2, 0.25) is 0 Å². The molecule has 0 fully saturated rings. The van der Waals surface area contributed by atoms with Crippen LogP contribution in [0.15, 0.2) is 65.6 Å². The van der Waals surface area contributed by atoms with Crippen LogP contribution in [-0.2, 0) is 13.0 Å². The van der Waals surface area contributed by atoms with Gasteiger partial charge in [0.25, 0.3) is 0 Å². The van der Waals surface area contributed by atoms with Crippen molar-refractivity contribution >= 4 is 38.8 Å². The molecule has 4 rings (SSSR count). The number of nitrogens with zero attached hydrogens (tertiary/aromatic N) is 1. The third-order valence-corrected chi connectivity index (χ3v) is 4.67. The van der Waals surface area contributed by atoms with Gasteiger partial charge in [0.1, 0.15) is 0 Å². The van der Waals surface area contributed by atoms with Gasteiger partial charge in [-0.25, -0.2) is 0 Å². The minimum atomic E-state index is 0. The van der Waals surface area contributed by atoms with E-state index in [1.807, 2.05) is 18.3 Å². The van der Waals surface area contributed by atoms with Gasteiger partial charge in [0.15, 0.2) is 5.43 Å². The Kier molecular flexibility index (Phi) is 5.09. The van der Waals surface area contributed by atoms with Crippen molar-refractivity contribution in [1.82, 2.24) is 9.55 Å². The number of aryl methyl sites for hydroxylation is 3. The molecule has 1 N–H and O–H groups in total. The molecule has 0 aliphatic rings. The monoisotopic (exact) mass is 396 g/mol. The van der Waals surface area contributed by atoms with Crippen molar-refractivity contribution in [2.24, 2.45) is 0 Å². The van der Waals surface area contributed by atoms with E-state index < -0.39 is 0 Å². The lowest BCUT2D eigenvalue weighted by Gasteiger charge is -2.09. The molecule has 25 heavy (non-hydrogen) atoms. The molecule has 0 bridgehead atoms. The van der Waals surface area contributed by atoms with Crippen molar-refractivity contribution in [2.45, 2.75) is 26.3 Å². The van der Waals surface area contributed by atoms with Crippen LogP contribution in [0.5, 0.6) is 0 Å². The molecule has 0 saturated heterocycles. The average Bonchev–Trinajstić information content (AvgIpc) is 2.90. The fourth-order valence-electron chi connectivity index (χ4n) is 3.57. The molecular formula is C21H21BrN2O. The number of hydrogen-bond acceptors (Lipinski definition) is 1. The van der Waals surface area contributed by atoms with Crippen LogP contribution >= 0.6 is 17.0 Å². The van der Waals surface area contributed by atoms with Gasteiger partial charge in [0, 0.05) is 35.3 Å². The number of pyridine rings is 1. The largest absolute Gasteiger partial charge is 0.364 e. The number of aromatic nitrogens is 2. The Balaban J connectivity index is 0.00000182. The van der Waals surface area contributed by atoms with Crippen LogP contribution in [0.25, 0.3) is 21.8 Å². The van der Waals surface area contributed by atoms with Crippen molar-refractivity contribution in [1.29, 1.82) is 0 Å². The standard InChI is InChI=1S/C21H20N2O.BrH/c1-15-21-19(11-12-22-15)18-10-9-17(24)14-20(18)23(21)13-5-8-16-6-3-2-4-7-16;/h2-4,6-7,9-12,14,22H,5,8,13H2,1H3;1H. The molecule has 2 aromatic carbocycles. The molecule has 0 aliphatic carbocycles. The second-order valence-electron chi connectivity index (χ2n) is 6.28. The van der Waals surface area contributed by atoms with E-state index in [1.54, 1.807) is 12.1 Å². The van der Waals surface area contributed by atoms with Crippen molar-refractivity contribution in [3.05, 3.63) is 82.3 Å². The molecule has 128 valence electrons. The zero-order valence-electron chi connectivity index (χ0n) is 14.2. The molecule has 0 spiro atoms. The Bertz CT molecular complexity index is 1060. The fourth-order valence-corrected chi connectivity index (χ4v) is 3.57. The quantitative estimate of drug-likeness (QED) is 0.517. The first kappa shape index (κ1) is 17.5. The zero-order valence-corrected chi connectivity index (χ0v) is 15.9. The lowest BCUT2D eigenvalue weighted by molar-refractivity contribution is 0.676. The minimum Gasteiger partial charge on any atom is -0.364 e. The predicted octanol–water partition coefficient (Wildman–Crippen LogP) is 5.00. The molecule has 4 aromatic rings. The fraction of sp³-hybridized carbons (Fsp3) is 0.190. The van der Waals surface area contributed by atoms with E-state index in [0.29, 0.717) is 0 Å². The highest BCUT2D eigenvalue weighted by Gasteiger charge is 2.12. The molecule has 3 nitrogen and oxygen atoms in total. The van der Waals surface area contributed by atoms with Crippen LogP contribution in [0.3, 0.4) is 0 Å². The Morgan fingerprint density at radius 3 is 2.60 bits per heavy atom. The van der Waals surface area contributed by atoms with Crippen LogP contribution in [0.1, 0.15) is 17.7 Å². The van der Waals surface area contributed by atoms with Gasteiger partial charge in [-0.15, -0.1) is 17.0 Å². The predicted molar refractivity (Wildman–Crippen MR) is 110 cm³/mol. The molecular weight excluding hydrogens is 376 g/mol. The van der Waals surface area contributed by atoms with Crippen molar-refractivity contribution < 1.29 is 0 Å². The van der Waals surface area contributed by atoms with E-state index in [0.717, 1.165) is 36.0 Å². The van der Waals surface area contributed by atoms with E-state index in [-0.39, 0.29) is 22.4 Å². The van der Waals surface area contributed by atoms with E-state index in [2.05, 4.69) is 46.8 Å². The maximum atomic E-state index is 11.9. The Labute approximate surface area is 157 Å². The topological polar surface area (TPSA) is 37.8 Å². The first-order chi connectivity index (χ1) is 11.7. The summed E-state index contributed by atoms with van der Waals surface area (Å²) in [5.74, 6) is 0. The SMILES string of the molecule is Br.Cc1[nH]ccc2c3ccc(=O)cc3n(CCCc3ccccc3)c12. The van der Waals surface area contributed by atoms with Gasteiger partial charge in [0.2, 0.25) is 0 Å². The highest BCUT2D eigenvalue weighted by atomic mass is 79.9. The van der Waals surface area contributed by atoms with E-state index >= 15 is 0 Å².